The van der Waals surface area contributed by atoms with Crippen LogP contribution in [0.4, 0.5) is 0 Å². The number of hydrogen-bond donors (Lipinski definition) is 0. The first-order chi connectivity index (χ1) is 8.76. The second-order valence-corrected chi connectivity index (χ2v) is 7.79. The van der Waals surface area contributed by atoms with Gasteiger partial charge in [0.05, 0.1) is 11.7 Å². The van der Waals surface area contributed by atoms with Crippen LogP contribution in [0, 0.1) is 0 Å². The van der Waals surface area contributed by atoms with E-state index in [1.165, 1.54) is 77.4 Å². The van der Waals surface area contributed by atoms with Crippen molar-refractivity contribution in [1.29, 1.82) is 0 Å². The highest BCUT2D eigenvalue weighted by Gasteiger charge is 2.41. The van der Waals surface area contributed by atoms with Gasteiger partial charge in [-0.25, -0.2) is 0 Å². The van der Waals surface area contributed by atoms with Crippen molar-refractivity contribution in [3.05, 3.63) is 0 Å². The predicted octanol–water partition coefficient (Wildman–Crippen LogP) is 3.73. The summed E-state index contributed by atoms with van der Waals surface area (Å²) in [6.45, 7) is 3.69. The van der Waals surface area contributed by atoms with Crippen LogP contribution in [0.3, 0.4) is 0 Å². The third-order valence-corrected chi connectivity index (χ3v) is 6.00. The van der Waals surface area contributed by atoms with Gasteiger partial charge in [0.2, 0.25) is 0 Å². The molecule has 1 aliphatic carbocycles. The lowest BCUT2D eigenvalue weighted by Gasteiger charge is -2.35. The minimum Gasteiger partial charge on any atom is -0.370 e. The summed E-state index contributed by atoms with van der Waals surface area (Å²) in [6, 6.07) is 0. The van der Waals surface area contributed by atoms with E-state index in [-0.39, 0.29) is 0 Å². The molecule has 1 spiro atoms. The quantitative estimate of drug-likeness (QED) is 0.720. The Balaban J connectivity index is 1.47. The van der Waals surface area contributed by atoms with Crippen LogP contribution in [0.1, 0.15) is 57.8 Å². The molecule has 3 heteroatoms. The number of likely N-dealkylation sites (tertiary alicyclic amines) is 1. The van der Waals surface area contributed by atoms with Gasteiger partial charge in [0.25, 0.3) is 0 Å². The first-order valence-electron chi connectivity index (χ1n) is 7.80. The fourth-order valence-corrected chi connectivity index (χ4v) is 4.37. The van der Waals surface area contributed by atoms with Gasteiger partial charge in [0.1, 0.15) is 0 Å². The number of rotatable bonds is 2. The number of halogens is 1. The Morgan fingerprint density at radius 3 is 2.44 bits per heavy atom. The molecular formula is C15H26BrNO. The average Bonchev–Trinajstić information content (AvgIpc) is 2.76. The van der Waals surface area contributed by atoms with Crippen molar-refractivity contribution < 1.29 is 4.74 Å². The molecule has 0 aromatic carbocycles. The lowest BCUT2D eigenvalue weighted by Crippen LogP contribution is -2.40. The molecule has 2 nitrogen and oxygen atoms in total. The molecule has 0 N–H and O–H groups in total. The topological polar surface area (TPSA) is 12.5 Å². The van der Waals surface area contributed by atoms with Crippen molar-refractivity contribution in [3.8, 4) is 0 Å². The van der Waals surface area contributed by atoms with Crippen LogP contribution in [0.5, 0.6) is 0 Å². The van der Waals surface area contributed by atoms with E-state index in [4.69, 9.17) is 4.74 Å². The lowest BCUT2D eigenvalue weighted by atomic mass is 9.83. The summed E-state index contributed by atoms with van der Waals surface area (Å²) in [5.41, 5.74) is 0.302. The normalized spacial score (nSPS) is 34.2. The lowest BCUT2D eigenvalue weighted by molar-refractivity contribution is -0.0726. The van der Waals surface area contributed by atoms with E-state index in [9.17, 15) is 0 Å². The zero-order chi connectivity index (χ0) is 12.4. The van der Waals surface area contributed by atoms with E-state index >= 15 is 0 Å². The highest BCUT2D eigenvalue weighted by Crippen LogP contribution is 2.42. The molecule has 0 aromatic heterocycles. The van der Waals surface area contributed by atoms with E-state index in [2.05, 4.69) is 20.8 Å². The average molecular weight is 316 g/mol. The first-order valence-corrected chi connectivity index (χ1v) is 8.72. The molecule has 2 saturated heterocycles. The summed E-state index contributed by atoms with van der Waals surface area (Å²) in [7, 11) is 0. The number of piperidine rings is 1. The molecular weight excluding hydrogens is 290 g/mol. The van der Waals surface area contributed by atoms with Crippen molar-refractivity contribution in [2.75, 3.05) is 19.6 Å². The number of ether oxygens (including phenoxy) is 1. The van der Waals surface area contributed by atoms with Gasteiger partial charge in [-0.05, 0) is 51.6 Å². The highest BCUT2D eigenvalue weighted by molar-refractivity contribution is 9.09. The molecule has 3 fully saturated rings. The Bertz CT molecular complexity index is 270. The highest BCUT2D eigenvalue weighted by atomic mass is 79.9. The van der Waals surface area contributed by atoms with Crippen molar-refractivity contribution in [1.82, 2.24) is 4.90 Å². The Kier molecular flexibility index (Phi) is 4.32. The maximum Gasteiger partial charge on any atom is 0.0710 e. The zero-order valence-corrected chi connectivity index (χ0v) is 13.0. The second kappa shape index (κ2) is 5.80. The Morgan fingerprint density at radius 2 is 1.72 bits per heavy atom. The van der Waals surface area contributed by atoms with Crippen molar-refractivity contribution in [2.24, 2.45) is 0 Å². The number of nitrogens with zero attached hydrogens (tertiary/aromatic N) is 1. The van der Waals surface area contributed by atoms with Crippen molar-refractivity contribution in [3.63, 3.8) is 0 Å². The Hall–Kier alpha value is 0.400. The molecule has 3 rings (SSSR count). The third kappa shape index (κ3) is 3.10. The fourth-order valence-electron chi connectivity index (χ4n) is 3.96. The summed E-state index contributed by atoms with van der Waals surface area (Å²) in [6.07, 6.45) is 12.6. The molecule has 0 bridgehead atoms. The molecule has 0 amide bonds. The summed E-state index contributed by atoms with van der Waals surface area (Å²) >= 11 is 3.73. The van der Waals surface area contributed by atoms with E-state index in [1.807, 2.05) is 0 Å². The molecule has 2 heterocycles. The molecule has 3 aliphatic rings. The van der Waals surface area contributed by atoms with Gasteiger partial charge in [0, 0.05) is 11.4 Å². The van der Waals surface area contributed by atoms with E-state index in [0.717, 1.165) is 4.83 Å². The molecule has 18 heavy (non-hydrogen) atoms. The van der Waals surface area contributed by atoms with Crippen LogP contribution in [-0.2, 0) is 4.74 Å². The largest absolute Gasteiger partial charge is 0.370 e. The van der Waals surface area contributed by atoms with Crippen LogP contribution in [0.25, 0.3) is 0 Å². The molecule has 1 saturated carbocycles. The molecule has 0 radical (unpaired) electrons. The standard InChI is InChI=1S/C15H26BrNO/c16-13-5-10-17(11-6-13)12-14-4-9-15(18-14)7-2-1-3-8-15/h13-14H,1-12H2. The van der Waals surface area contributed by atoms with E-state index < -0.39 is 0 Å². The van der Waals surface area contributed by atoms with Crippen LogP contribution in [0.2, 0.25) is 0 Å². The monoisotopic (exact) mass is 315 g/mol. The van der Waals surface area contributed by atoms with Gasteiger partial charge in [-0.2, -0.15) is 0 Å². The summed E-state index contributed by atoms with van der Waals surface area (Å²) in [5.74, 6) is 0. The van der Waals surface area contributed by atoms with E-state index in [1.54, 1.807) is 0 Å². The molecule has 0 aromatic rings. The number of hydrogen-bond acceptors (Lipinski definition) is 2. The maximum absolute atomic E-state index is 6.47. The Morgan fingerprint density at radius 1 is 1.00 bits per heavy atom. The van der Waals surface area contributed by atoms with Gasteiger partial charge in [-0.3, -0.25) is 0 Å². The van der Waals surface area contributed by atoms with Crippen LogP contribution in [-0.4, -0.2) is 41.1 Å². The van der Waals surface area contributed by atoms with Gasteiger partial charge in [0.15, 0.2) is 0 Å². The maximum atomic E-state index is 6.47. The minimum absolute atomic E-state index is 0.302. The van der Waals surface area contributed by atoms with Crippen LogP contribution in [0.15, 0.2) is 0 Å². The van der Waals surface area contributed by atoms with Gasteiger partial charge < -0.3 is 9.64 Å². The minimum atomic E-state index is 0.302. The van der Waals surface area contributed by atoms with Gasteiger partial charge in [-0.1, -0.05) is 35.2 Å². The Labute approximate surface area is 120 Å². The third-order valence-electron chi connectivity index (χ3n) is 5.08. The van der Waals surface area contributed by atoms with Crippen molar-refractivity contribution in [2.45, 2.75) is 74.3 Å². The van der Waals surface area contributed by atoms with E-state index in [0.29, 0.717) is 11.7 Å². The number of alkyl halides is 1. The van der Waals surface area contributed by atoms with Crippen LogP contribution >= 0.6 is 15.9 Å². The molecule has 104 valence electrons. The summed E-state index contributed by atoms with van der Waals surface area (Å²) in [5, 5.41) is 0. The first kappa shape index (κ1) is 13.4. The zero-order valence-electron chi connectivity index (χ0n) is 11.4. The fraction of sp³-hybridized carbons (Fsp3) is 1.00. The SMILES string of the molecule is BrC1CCN(CC2CCC3(CCCCC3)O2)CC1. The molecule has 1 unspecified atom stereocenters. The summed E-state index contributed by atoms with van der Waals surface area (Å²) < 4.78 is 6.47. The predicted molar refractivity (Wildman–Crippen MR) is 78.3 cm³/mol. The second-order valence-electron chi connectivity index (χ2n) is 6.50. The smallest absolute Gasteiger partial charge is 0.0710 e. The molecule has 2 aliphatic heterocycles. The van der Waals surface area contributed by atoms with Gasteiger partial charge in [-0.15, -0.1) is 0 Å². The summed E-state index contributed by atoms with van der Waals surface area (Å²) in [4.78, 5) is 3.37. The van der Waals surface area contributed by atoms with Gasteiger partial charge >= 0.3 is 0 Å². The van der Waals surface area contributed by atoms with Crippen molar-refractivity contribution >= 4 is 15.9 Å². The van der Waals surface area contributed by atoms with Crippen LogP contribution < -0.4 is 0 Å². The molecule has 1 atom stereocenters.